The summed E-state index contributed by atoms with van der Waals surface area (Å²) in [6.45, 7) is 3.51. The average Bonchev–Trinajstić information content (AvgIpc) is 2.91. The Morgan fingerprint density at radius 3 is 2.47 bits per heavy atom. The lowest BCUT2D eigenvalue weighted by Crippen LogP contribution is -2.27. The van der Waals surface area contributed by atoms with Gasteiger partial charge in [0.15, 0.2) is 5.78 Å². The molecule has 1 amide bonds. The predicted octanol–water partition coefficient (Wildman–Crippen LogP) is 2.52. The fourth-order valence-electron chi connectivity index (χ4n) is 2.13. The van der Waals surface area contributed by atoms with Crippen LogP contribution < -0.4 is 0 Å². The zero-order valence-corrected chi connectivity index (χ0v) is 10.1. The third kappa shape index (κ3) is 2.54. The van der Waals surface area contributed by atoms with Crippen LogP contribution in [-0.2, 0) is 0 Å². The Morgan fingerprint density at radius 2 is 1.82 bits per heavy atom. The van der Waals surface area contributed by atoms with Crippen molar-refractivity contribution in [2.24, 2.45) is 0 Å². The number of ketones is 1. The molecule has 1 aliphatic heterocycles. The minimum atomic E-state index is 0.0493. The molecule has 0 unspecified atom stereocenters. The van der Waals surface area contributed by atoms with Gasteiger partial charge < -0.3 is 4.90 Å². The Labute approximate surface area is 101 Å². The third-order valence-electron chi connectivity index (χ3n) is 3.15. The predicted molar refractivity (Wildman–Crippen MR) is 66.2 cm³/mol. The maximum Gasteiger partial charge on any atom is 0.253 e. The van der Waals surface area contributed by atoms with Gasteiger partial charge in [-0.15, -0.1) is 0 Å². The van der Waals surface area contributed by atoms with Gasteiger partial charge in [-0.25, -0.2) is 0 Å². The molecule has 17 heavy (non-hydrogen) atoms. The molecule has 0 N–H and O–H groups in total. The van der Waals surface area contributed by atoms with Crippen LogP contribution in [0.4, 0.5) is 0 Å². The van der Waals surface area contributed by atoms with Gasteiger partial charge >= 0.3 is 0 Å². The van der Waals surface area contributed by atoms with Crippen LogP contribution >= 0.6 is 0 Å². The largest absolute Gasteiger partial charge is 0.339 e. The van der Waals surface area contributed by atoms with Crippen LogP contribution in [0.5, 0.6) is 0 Å². The van der Waals surface area contributed by atoms with Crippen molar-refractivity contribution >= 4 is 11.7 Å². The summed E-state index contributed by atoms with van der Waals surface area (Å²) in [5.74, 6) is 0.134. The summed E-state index contributed by atoms with van der Waals surface area (Å²) in [5, 5.41) is 0. The first kappa shape index (κ1) is 11.8. The summed E-state index contributed by atoms with van der Waals surface area (Å²) < 4.78 is 0. The zero-order chi connectivity index (χ0) is 12.3. The van der Waals surface area contributed by atoms with Gasteiger partial charge in [0.05, 0.1) is 0 Å². The second-order valence-corrected chi connectivity index (χ2v) is 4.36. The summed E-state index contributed by atoms with van der Waals surface area (Å²) in [4.78, 5) is 25.6. The van der Waals surface area contributed by atoms with Crippen molar-refractivity contribution in [2.75, 3.05) is 13.1 Å². The Balaban J connectivity index is 2.20. The summed E-state index contributed by atoms with van der Waals surface area (Å²) in [6, 6.07) is 7.05. The van der Waals surface area contributed by atoms with Crippen LogP contribution in [-0.4, -0.2) is 29.7 Å². The number of likely N-dealkylation sites (tertiary alicyclic amines) is 1. The van der Waals surface area contributed by atoms with E-state index in [2.05, 4.69) is 0 Å². The fraction of sp³-hybridized carbons (Fsp3) is 0.429. The SMILES string of the molecule is CCC(=O)c1cccc(C(=O)N2CCCC2)c1. The number of amides is 1. The highest BCUT2D eigenvalue weighted by Gasteiger charge is 2.19. The Kier molecular flexibility index (Phi) is 3.57. The van der Waals surface area contributed by atoms with E-state index in [9.17, 15) is 9.59 Å². The highest BCUT2D eigenvalue weighted by atomic mass is 16.2. The number of Topliss-reactive ketones (excluding diaryl/α,β-unsaturated/α-hetero) is 1. The number of hydrogen-bond acceptors (Lipinski definition) is 2. The number of nitrogens with zero attached hydrogens (tertiary/aromatic N) is 1. The molecule has 0 aromatic heterocycles. The number of carbonyl (C=O) groups is 2. The van der Waals surface area contributed by atoms with E-state index in [4.69, 9.17) is 0 Å². The zero-order valence-electron chi connectivity index (χ0n) is 10.1. The molecule has 3 nitrogen and oxygen atoms in total. The normalized spacial score (nSPS) is 15.0. The molecule has 1 aliphatic rings. The van der Waals surface area contributed by atoms with E-state index < -0.39 is 0 Å². The molecule has 1 fully saturated rings. The minimum absolute atomic E-state index is 0.0493. The molecule has 0 spiro atoms. The molecule has 0 saturated carbocycles. The quantitative estimate of drug-likeness (QED) is 0.749. The smallest absolute Gasteiger partial charge is 0.253 e. The topological polar surface area (TPSA) is 37.4 Å². The molecule has 0 aliphatic carbocycles. The molecular weight excluding hydrogens is 214 g/mol. The van der Waals surface area contributed by atoms with Crippen molar-refractivity contribution in [1.82, 2.24) is 4.90 Å². The van der Waals surface area contributed by atoms with Crippen molar-refractivity contribution in [3.05, 3.63) is 35.4 Å². The lowest BCUT2D eigenvalue weighted by Gasteiger charge is -2.15. The Hall–Kier alpha value is -1.64. The fourth-order valence-corrected chi connectivity index (χ4v) is 2.13. The molecule has 1 heterocycles. The standard InChI is InChI=1S/C14H17NO2/c1-2-13(16)11-6-5-7-12(10-11)14(17)15-8-3-4-9-15/h5-7,10H,2-4,8-9H2,1H3. The second-order valence-electron chi connectivity index (χ2n) is 4.36. The lowest BCUT2D eigenvalue weighted by molar-refractivity contribution is 0.0793. The van der Waals surface area contributed by atoms with E-state index in [1.165, 1.54) is 0 Å². The van der Waals surface area contributed by atoms with E-state index in [1.807, 2.05) is 11.8 Å². The maximum absolute atomic E-state index is 12.1. The van der Waals surface area contributed by atoms with Gasteiger partial charge in [-0.3, -0.25) is 9.59 Å². The highest BCUT2D eigenvalue weighted by Crippen LogP contribution is 2.14. The molecule has 0 bridgehead atoms. The van der Waals surface area contributed by atoms with Crippen LogP contribution in [0.1, 0.15) is 46.9 Å². The van der Waals surface area contributed by atoms with E-state index in [0.29, 0.717) is 17.5 Å². The maximum atomic E-state index is 12.1. The van der Waals surface area contributed by atoms with E-state index >= 15 is 0 Å². The molecule has 1 saturated heterocycles. The van der Waals surface area contributed by atoms with Gasteiger partial charge in [-0.2, -0.15) is 0 Å². The molecule has 0 radical (unpaired) electrons. The van der Waals surface area contributed by atoms with Crippen LogP contribution in [0, 0.1) is 0 Å². The van der Waals surface area contributed by atoms with Crippen LogP contribution in [0.25, 0.3) is 0 Å². The van der Waals surface area contributed by atoms with Gasteiger partial charge in [0.2, 0.25) is 0 Å². The molecular formula is C14H17NO2. The van der Waals surface area contributed by atoms with Crippen molar-refractivity contribution in [2.45, 2.75) is 26.2 Å². The van der Waals surface area contributed by atoms with Gasteiger partial charge in [0.1, 0.15) is 0 Å². The summed E-state index contributed by atoms with van der Waals surface area (Å²) in [6.07, 6.45) is 2.64. The number of rotatable bonds is 3. The summed E-state index contributed by atoms with van der Waals surface area (Å²) >= 11 is 0. The van der Waals surface area contributed by atoms with Crippen LogP contribution in [0.2, 0.25) is 0 Å². The summed E-state index contributed by atoms with van der Waals surface area (Å²) in [7, 11) is 0. The molecule has 0 atom stereocenters. The first-order valence-corrected chi connectivity index (χ1v) is 6.15. The van der Waals surface area contributed by atoms with Gasteiger partial charge in [0.25, 0.3) is 5.91 Å². The Morgan fingerprint density at radius 1 is 1.18 bits per heavy atom. The van der Waals surface area contributed by atoms with Crippen molar-refractivity contribution < 1.29 is 9.59 Å². The minimum Gasteiger partial charge on any atom is -0.339 e. The van der Waals surface area contributed by atoms with Crippen molar-refractivity contribution in [3.8, 4) is 0 Å². The molecule has 1 aromatic carbocycles. The average molecular weight is 231 g/mol. The van der Waals surface area contributed by atoms with E-state index in [-0.39, 0.29) is 11.7 Å². The molecule has 1 aromatic rings. The number of carbonyl (C=O) groups excluding carboxylic acids is 2. The van der Waals surface area contributed by atoms with Crippen molar-refractivity contribution in [1.29, 1.82) is 0 Å². The third-order valence-corrected chi connectivity index (χ3v) is 3.15. The first-order valence-electron chi connectivity index (χ1n) is 6.15. The van der Waals surface area contributed by atoms with E-state index in [0.717, 1.165) is 25.9 Å². The monoisotopic (exact) mass is 231 g/mol. The van der Waals surface area contributed by atoms with Crippen LogP contribution in [0.15, 0.2) is 24.3 Å². The van der Waals surface area contributed by atoms with Gasteiger partial charge in [0, 0.05) is 30.6 Å². The molecule has 3 heteroatoms. The molecule has 2 rings (SSSR count). The molecule has 90 valence electrons. The first-order chi connectivity index (χ1) is 8.22. The van der Waals surface area contributed by atoms with E-state index in [1.54, 1.807) is 24.3 Å². The second kappa shape index (κ2) is 5.13. The number of benzene rings is 1. The summed E-state index contributed by atoms with van der Waals surface area (Å²) in [5.41, 5.74) is 1.27. The lowest BCUT2D eigenvalue weighted by atomic mass is 10.1. The number of hydrogen-bond donors (Lipinski definition) is 0. The van der Waals surface area contributed by atoms with Crippen molar-refractivity contribution in [3.63, 3.8) is 0 Å². The van der Waals surface area contributed by atoms with Crippen LogP contribution in [0.3, 0.4) is 0 Å². The van der Waals surface area contributed by atoms with Gasteiger partial charge in [-0.1, -0.05) is 19.1 Å². The van der Waals surface area contributed by atoms with Gasteiger partial charge in [-0.05, 0) is 25.0 Å². The Bertz CT molecular complexity index is 434. The highest BCUT2D eigenvalue weighted by molar-refractivity contribution is 6.00.